The van der Waals surface area contributed by atoms with Gasteiger partial charge in [0.2, 0.25) is 10.0 Å². The number of piperidine rings is 1. The maximum atomic E-state index is 13.0. The summed E-state index contributed by atoms with van der Waals surface area (Å²) < 4.78 is 32.4. The van der Waals surface area contributed by atoms with Gasteiger partial charge in [-0.2, -0.15) is 4.31 Å². The second-order valence-corrected chi connectivity index (χ2v) is 9.00. The van der Waals surface area contributed by atoms with Crippen molar-refractivity contribution < 1.29 is 17.9 Å². The molecule has 8 heteroatoms. The molecule has 6 nitrogen and oxygen atoms in total. The molecule has 0 bridgehead atoms. The molecule has 1 aromatic carbocycles. The van der Waals surface area contributed by atoms with Crippen LogP contribution < -0.4 is 0 Å². The van der Waals surface area contributed by atoms with Crippen LogP contribution in [0.1, 0.15) is 44.0 Å². The van der Waals surface area contributed by atoms with E-state index < -0.39 is 10.0 Å². The van der Waals surface area contributed by atoms with Crippen molar-refractivity contribution in [2.75, 3.05) is 39.4 Å². The molecule has 0 radical (unpaired) electrons. The number of likely N-dealkylation sites (tertiary alicyclic amines) is 1. The molecule has 0 aliphatic carbocycles. The summed E-state index contributed by atoms with van der Waals surface area (Å²) in [6.07, 6.45) is 1.92. The lowest BCUT2D eigenvalue weighted by atomic mass is 9.98. The summed E-state index contributed by atoms with van der Waals surface area (Å²) in [6, 6.07) is 4.36. The fourth-order valence-corrected chi connectivity index (χ4v) is 5.06. The summed E-state index contributed by atoms with van der Waals surface area (Å²) in [7, 11) is -3.64. The van der Waals surface area contributed by atoms with Gasteiger partial charge in [-0.05, 0) is 43.9 Å². The topological polar surface area (TPSA) is 66.9 Å². The number of amides is 1. The van der Waals surface area contributed by atoms with Crippen LogP contribution in [0.3, 0.4) is 0 Å². The van der Waals surface area contributed by atoms with Crippen LogP contribution in [0.5, 0.6) is 0 Å². The monoisotopic (exact) mass is 416 g/mol. The molecule has 1 aliphatic rings. The van der Waals surface area contributed by atoms with E-state index >= 15 is 0 Å². The summed E-state index contributed by atoms with van der Waals surface area (Å²) in [5, 5.41) is 0.269. The van der Waals surface area contributed by atoms with Crippen LogP contribution in [-0.2, 0) is 14.8 Å². The molecular weight excluding hydrogens is 388 g/mol. The molecule has 1 amide bonds. The van der Waals surface area contributed by atoms with E-state index in [4.69, 9.17) is 16.3 Å². The van der Waals surface area contributed by atoms with Crippen molar-refractivity contribution in [3.05, 3.63) is 28.8 Å². The molecule has 1 atom stereocenters. The fraction of sp³-hybridized carbons (Fsp3) is 0.632. The lowest BCUT2D eigenvalue weighted by molar-refractivity contribution is 0.0501. The predicted molar refractivity (Wildman–Crippen MR) is 107 cm³/mol. The van der Waals surface area contributed by atoms with Crippen LogP contribution >= 0.6 is 11.6 Å². The van der Waals surface area contributed by atoms with Crippen molar-refractivity contribution >= 4 is 27.5 Å². The first-order valence-corrected chi connectivity index (χ1v) is 11.3. The predicted octanol–water partition coefficient (Wildman–Crippen LogP) is 3.26. The first kappa shape index (κ1) is 22.1. The van der Waals surface area contributed by atoms with Crippen LogP contribution in [0.25, 0.3) is 0 Å². The van der Waals surface area contributed by atoms with Crippen molar-refractivity contribution in [3.8, 4) is 0 Å². The Balaban J connectivity index is 2.26. The third kappa shape index (κ3) is 5.22. The van der Waals surface area contributed by atoms with Gasteiger partial charge in [-0.1, -0.05) is 25.4 Å². The van der Waals surface area contributed by atoms with Gasteiger partial charge in [0, 0.05) is 32.8 Å². The third-order valence-electron chi connectivity index (χ3n) is 4.88. The van der Waals surface area contributed by atoms with Gasteiger partial charge in [0.15, 0.2) is 0 Å². The minimum absolute atomic E-state index is 0.0989. The largest absolute Gasteiger partial charge is 0.381 e. The first-order chi connectivity index (χ1) is 12.8. The summed E-state index contributed by atoms with van der Waals surface area (Å²) in [5.41, 5.74) is 0.238. The molecule has 0 saturated carbocycles. The number of benzene rings is 1. The van der Waals surface area contributed by atoms with E-state index in [1.807, 2.05) is 6.92 Å². The SMILES string of the molecule is CCOCC1CCCN(C(=O)c2cc(S(=O)(=O)N(CC)CC)ccc2Cl)C1. The van der Waals surface area contributed by atoms with E-state index in [-0.39, 0.29) is 21.4 Å². The quantitative estimate of drug-likeness (QED) is 0.652. The smallest absolute Gasteiger partial charge is 0.255 e. The summed E-state index contributed by atoms with van der Waals surface area (Å²) >= 11 is 6.25. The van der Waals surface area contributed by atoms with E-state index in [1.165, 1.54) is 22.5 Å². The third-order valence-corrected chi connectivity index (χ3v) is 7.25. The Hall–Kier alpha value is -1.15. The average molecular weight is 417 g/mol. The molecule has 27 heavy (non-hydrogen) atoms. The molecule has 0 N–H and O–H groups in total. The summed E-state index contributed by atoms with van der Waals surface area (Å²) in [4.78, 5) is 14.9. The van der Waals surface area contributed by atoms with E-state index in [2.05, 4.69) is 0 Å². The second kappa shape index (κ2) is 9.87. The maximum Gasteiger partial charge on any atom is 0.255 e. The molecule has 1 heterocycles. The molecule has 0 aromatic heterocycles. The molecule has 1 fully saturated rings. The number of sulfonamides is 1. The zero-order valence-corrected chi connectivity index (χ0v) is 17.9. The normalized spacial score (nSPS) is 18.1. The Morgan fingerprint density at radius 3 is 2.63 bits per heavy atom. The Labute approximate surface area is 167 Å². The van der Waals surface area contributed by atoms with Crippen LogP contribution in [0.4, 0.5) is 0 Å². The Kier molecular flexibility index (Phi) is 8.09. The van der Waals surface area contributed by atoms with Gasteiger partial charge in [-0.15, -0.1) is 0 Å². The van der Waals surface area contributed by atoms with Crippen molar-refractivity contribution in [1.82, 2.24) is 9.21 Å². The highest BCUT2D eigenvalue weighted by molar-refractivity contribution is 7.89. The number of nitrogens with zero attached hydrogens (tertiary/aromatic N) is 2. The standard InChI is InChI=1S/C19H29ClN2O4S/c1-4-22(5-2)27(24,25)16-9-10-18(20)17(12-16)19(23)21-11-7-8-15(13-21)14-26-6-3/h9-10,12,15H,4-8,11,13-14H2,1-3H3. The van der Waals surface area contributed by atoms with Gasteiger partial charge in [0.05, 0.1) is 22.1 Å². The summed E-state index contributed by atoms with van der Waals surface area (Å²) in [6.45, 7) is 8.79. The highest BCUT2D eigenvalue weighted by Crippen LogP contribution is 2.26. The number of hydrogen-bond acceptors (Lipinski definition) is 4. The van der Waals surface area contributed by atoms with Gasteiger partial charge in [0.1, 0.15) is 0 Å². The van der Waals surface area contributed by atoms with Crippen LogP contribution in [-0.4, -0.2) is 62.9 Å². The first-order valence-electron chi connectivity index (χ1n) is 9.51. The minimum Gasteiger partial charge on any atom is -0.381 e. The molecule has 0 spiro atoms. The van der Waals surface area contributed by atoms with Crippen molar-refractivity contribution in [3.63, 3.8) is 0 Å². The summed E-state index contributed by atoms with van der Waals surface area (Å²) in [5.74, 6) is 0.0711. The Bertz CT molecular complexity index is 750. The number of ether oxygens (including phenoxy) is 1. The number of hydrogen-bond donors (Lipinski definition) is 0. The number of carbonyl (C=O) groups is 1. The number of carbonyl (C=O) groups excluding carboxylic acids is 1. The van der Waals surface area contributed by atoms with Gasteiger partial charge in [0.25, 0.3) is 5.91 Å². The van der Waals surface area contributed by atoms with Crippen LogP contribution in [0.15, 0.2) is 23.1 Å². The van der Waals surface area contributed by atoms with Crippen molar-refractivity contribution in [2.45, 2.75) is 38.5 Å². The van der Waals surface area contributed by atoms with Gasteiger partial charge >= 0.3 is 0 Å². The number of halogens is 1. The van der Waals surface area contributed by atoms with E-state index in [9.17, 15) is 13.2 Å². The second-order valence-electron chi connectivity index (χ2n) is 6.65. The molecule has 1 aliphatic heterocycles. The molecule has 2 rings (SSSR count). The Morgan fingerprint density at radius 2 is 2.00 bits per heavy atom. The number of rotatable bonds is 8. The molecule has 1 aromatic rings. The zero-order valence-electron chi connectivity index (χ0n) is 16.3. The van der Waals surface area contributed by atoms with E-state index in [1.54, 1.807) is 18.7 Å². The zero-order chi connectivity index (χ0) is 20.0. The minimum atomic E-state index is -3.64. The van der Waals surface area contributed by atoms with Crippen molar-refractivity contribution in [1.29, 1.82) is 0 Å². The van der Waals surface area contributed by atoms with Crippen LogP contribution in [0.2, 0.25) is 5.02 Å². The fourth-order valence-electron chi connectivity index (χ4n) is 3.38. The van der Waals surface area contributed by atoms with E-state index in [0.29, 0.717) is 45.3 Å². The maximum absolute atomic E-state index is 13.0. The highest BCUT2D eigenvalue weighted by Gasteiger charge is 2.28. The van der Waals surface area contributed by atoms with Gasteiger partial charge < -0.3 is 9.64 Å². The molecule has 1 unspecified atom stereocenters. The Morgan fingerprint density at radius 1 is 1.30 bits per heavy atom. The van der Waals surface area contributed by atoms with Gasteiger partial charge in [-0.25, -0.2) is 8.42 Å². The molecule has 1 saturated heterocycles. The van der Waals surface area contributed by atoms with Gasteiger partial charge in [-0.3, -0.25) is 4.79 Å². The molecule has 152 valence electrons. The average Bonchev–Trinajstić information content (AvgIpc) is 2.67. The molecular formula is C19H29ClN2O4S. The van der Waals surface area contributed by atoms with Crippen molar-refractivity contribution in [2.24, 2.45) is 5.92 Å². The van der Waals surface area contributed by atoms with E-state index in [0.717, 1.165) is 12.8 Å². The lowest BCUT2D eigenvalue weighted by Crippen LogP contribution is -2.41. The van der Waals surface area contributed by atoms with Crippen LogP contribution in [0, 0.1) is 5.92 Å². The highest BCUT2D eigenvalue weighted by atomic mass is 35.5. The lowest BCUT2D eigenvalue weighted by Gasteiger charge is -2.33.